The third-order valence-electron chi connectivity index (χ3n) is 5.32. The summed E-state index contributed by atoms with van der Waals surface area (Å²) in [4.78, 5) is 11.7. The minimum Gasteiger partial charge on any atom is -0.756 e. The molecule has 198 valence electrons. The smallest absolute Gasteiger partial charge is 0.268 e. The molecule has 0 saturated carbocycles. The predicted molar refractivity (Wildman–Crippen MR) is 134 cm³/mol. The summed E-state index contributed by atoms with van der Waals surface area (Å²) in [6.45, 7) is 3.00. The monoisotopic (exact) mass is 493 g/mol. The summed E-state index contributed by atoms with van der Waals surface area (Å²) >= 11 is 0. The summed E-state index contributed by atoms with van der Waals surface area (Å²) < 4.78 is 27.2. The van der Waals surface area contributed by atoms with Crippen molar-refractivity contribution in [3.05, 3.63) is 12.2 Å². The van der Waals surface area contributed by atoms with E-state index in [2.05, 4.69) is 19.1 Å². The van der Waals surface area contributed by atoms with E-state index in [-0.39, 0.29) is 19.8 Å². The van der Waals surface area contributed by atoms with Crippen LogP contribution in [0.5, 0.6) is 0 Å². The normalized spacial score (nSPS) is 15.2. The topological polar surface area (TPSA) is 88.0 Å². The fourth-order valence-corrected chi connectivity index (χ4v) is 3.96. The van der Waals surface area contributed by atoms with Gasteiger partial charge in [0.1, 0.15) is 19.3 Å². The fraction of sp³-hybridized carbons (Fsp3) is 0.920. The van der Waals surface area contributed by atoms with Gasteiger partial charge in [-0.1, -0.05) is 83.3 Å². The molecule has 0 amide bonds. The Kier molecular flexibility index (Phi) is 20.9. The van der Waals surface area contributed by atoms with Crippen molar-refractivity contribution in [2.75, 3.05) is 54.1 Å². The van der Waals surface area contributed by atoms with Crippen LogP contribution in [0.15, 0.2) is 12.2 Å². The number of hydrogen-bond donors (Lipinski definition) is 1. The minimum absolute atomic E-state index is 0.0331. The van der Waals surface area contributed by atoms with Gasteiger partial charge in [-0.25, -0.2) is 0 Å². The number of phosphoric ester groups is 1. The number of rotatable bonds is 24. The van der Waals surface area contributed by atoms with Crippen LogP contribution in [-0.4, -0.2) is 69.8 Å². The number of hydrogen-bond acceptors (Lipinski definition) is 6. The minimum atomic E-state index is -4.40. The number of ether oxygens (including phenoxy) is 1. The van der Waals surface area contributed by atoms with Crippen molar-refractivity contribution >= 4 is 7.82 Å². The van der Waals surface area contributed by atoms with Crippen molar-refractivity contribution in [2.24, 2.45) is 0 Å². The highest BCUT2D eigenvalue weighted by Crippen LogP contribution is 2.38. The molecule has 0 spiro atoms. The van der Waals surface area contributed by atoms with Crippen LogP contribution in [0, 0.1) is 0 Å². The highest BCUT2D eigenvalue weighted by Gasteiger charge is 2.15. The molecule has 0 aliphatic carbocycles. The second-order valence-corrected chi connectivity index (χ2v) is 11.3. The molecule has 0 radical (unpaired) electrons. The van der Waals surface area contributed by atoms with E-state index in [1.165, 1.54) is 70.6 Å². The van der Waals surface area contributed by atoms with Crippen molar-refractivity contribution in [3.63, 3.8) is 0 Å². The first-order valence-electron chi connectivity index (χ1n) is 13.0. The van der Waals surface area contributed by atoms with Gasteiger partial charge in [0, 0.05) is 0 Å². The third kappa shape index (κ3) is 26.2. The lowest BCUT2D eigenvalue weighted by atomic mass is 10.1. The number of unbranched alkanes of at least 4 members (excludes halogenated alkanes) is 11. The molecule has 0 aliphatic rings. The highest BCUT2D eigenvalue weighted by molar-refractivity contribution is 7.45. The zero-order chi connectivity index (χ0) is 24.8. The van der Waals surface area contributed by atoms with Gasteiger partial charge >= 0.3 is 0 Å². The van der Waals surface area contributed by atoms with E-state index in [4.69, 9.17) is 13.8 Å². The molecular weight excluding hydrogens is 441 g/mol. The fourth-order valence-electron chi connectivity index (χ4n) is 3.22. The maximum absolute atomic E-state index is 11.7. The Morgan fingerprint density at radius 2 is 1.36 bits per heavy atom. The van der Waals surface area contributed by atoms with Gasteiger partial charge in [-0.3, -0.25) is 4.57 Å². The lowest BCUT2D eigenvalue weighted by Crippen LogP contribution is -2.37. The summed E-state index contributed by atoms with van der Waals surface area (Å²) in [6.07, 6.45) is 20.1. The van der Waals surface area contributed by atoms with E-state index in [9.17, 15) is 14.6 Å². The Morgan fingerprint density at radius 1 is 0.818 bits per heavy atom. The molecule has 0 aromatic carbocycles. The second kappa shape index (κ2) is 21.0. The molecule has 8 heteroatoms. The zero-order valence-corrected chi connectivity index (χ0v) is 22.7. The molecule has 0 saturated heterocycles. The number of allylic oxidation sites excluding steroid dienone is 1. The van der Waals surface area contributed by atoms with Crippen molar-refractivity contribution in [3.8, 4) is 0 Å². The molecule has 33 heavy (non-hydrogen) atoms. The van der Waals surface area contributed by atoms with Crippen LogP contribution in [0.4, 0.5) is 0 Å². The molecule has 2 atom stereocenters. The van der Waals surface area contributed by atoms with Crippen molar-refractivity contribution in [1.82, 2.24) is 0 Å². The van der Waals surface area contributed by atoms with Crippen LogP contribution in [-0.2, 0) is 18.3 Å². The average molecular weight is 494 g/mol. The molecule has 0 heterocycles. The number of aliphatic hydroxyl groups is 1. The number of nitrogens with zero attached hydrogens (tertiary/aromatic N) is 1. The van der Waals surface area contributed by atoms with E-state index >= 15 is 0 Å². The third-order valence-corrected chi connectivity index (χ3v) is 6.28. The maximum Gasteiger partial charge on any atom is 0.268 e. The molecule has 0 aliphatic heterocycles. The molecule has 1 unspecified atom stereocenters. The van der Waals surface area contributed by atoms with Gasteiger partial charge in [0.2, 0.25) is 0 Å². The lowest BCUT2D eigenvalue weighted by Gasteiger charge is -2.27. The Bertz CT molecular complexity index is 510. The first-order valence-corrected chi connectivity index (χ1v) is 14.4. The van der Waals surface area contributed by atoms with Crippen LogP contribution < -0.4 is 4.89 Å². The molecule has 0 fully saturated rings. The van der Waals surface area contributed by atoms with Gasteiger partial charge in [-0.2, -0.15) is 0 Å². The van der Waals surface area contributed by atoms with Gasteiger partial charge in [-0.15, -0.1) is 0 Å². The molecule has 0 rings (SSSR count). The number of phosphoric acid groups is 1. The molecule has 7 nitrogen and oxygen atoms in total. The summed E-state index contributed by atoms with van der Waals surface area (Å²) in [6, 6.07) is 0. The lowest BCUT2D eigenvalue weighted by molar-refractivity contribution is -0.870. The summed E-state index contributed by atoms with van der Waals surface area (Å²) in [7, 11) is 1.42. The summed E-state index contributed by atoms with van der Waals surface area (Å²) in [5.41, 5.74) is 0. The average Bonchev–Trinajstić information content (AvgIpc) is 2.73. The van der Waals surface area contributed by atoms with Gasteiger partial charge in [0.25, 0.3) is 7.82 Å². The number of aliphatic hydroxyl groups excluding tert-OH is 1. The number of likely N-dealkylation sites (N-methyl/N-ethyl adjacent to an activating group) is 1. The van der Waals surface area contributed by atoms with E-state index < -0.39 is 13.9 Å². The molecular formula is C25H52NO6P. The Morgan fingerprint density at radius 3 is 1.94 bits per heavy atom. The first-order chi connectivity index (χ1) is 15.7. The molecule has 0 aromatic heterocycles. The Balaban J connectivity index is 3.48. The quantitative estimate of drug-likeness (QED) is 0.0858. The van der Waals surface area contributed by atoms with Gasteiger partial charge in [-0.05, 0) is 19.3 Å². The Labute approximate surface area is 203 Å². The molecule has 0 bridgehead atoms. The van der Waals surface area contributed by atoms with Gasteiger partial charge < -0.3 is 28.3 Å². The predicted octanol–water partition coefficient (Wildman–Crippen LogP) is 5.22. The highest BCUT2D eigenvalue weighted by atomic mass is 31.2. The standard InChI is InChI=1S/C25H52NO6P/c1-5-6-7-8-9-10-11-12-13-14-15-16-17-18-19-21-30-23-25(27)24-32-33(28,29)31-22-20-26(2,3)4/h17-18,25,27H,5-16,19-24H2,1-4H3/b18-17+/t25-/m1/s1. The van der Waals surface area contributed by atoms with Crippen LogP contribution in [0.2, 0.25) is 0 Å². The zero-order valence-electron chi connectivity index (χ0n) is 21.8. The Hall–Kier alpha value is -0.270. The van der Waals surface area contributed by atoms with Gasteiger partial charge in [0.05, 0.1) is 41.0 Å². The van der Waals surface area contributed by atoms with Crippen LogP contribution >= 0.6 is 7.82 Å². The van der Waals surface area contributed by atoms with Crippen molar-refractivity contribution in [1.29, 1.82) is 0 Å². The van der Waals surface area contributed by atoms with Crippen LogP contribution in [0.1, 0.15) is 90.4 Å². The van der Waals surface area contributed by atoms with Crippen molar-refractivity contribution in [2.45, 2.75) is 96.5 Å². The molecule has 1 N–H and O–H groups in total. The summed E-state index contributed by atoms with van der Waals surface area (Å²) in [5, 5.41) is 9.81. The second-order valence-electron chi connectivity index (χ2n) is 9.90. The SMILES string of the molecule is CCCCCCCCCCCCC/C=C/CCOC[C@@H](O)COP(=O)([O-])OCC[N+](C)(C)C. The largest absolute Gasteiger partial charge is 0.756 e. The van der Waals surface area contributed by atoms with E-state index in [0.717, 1.165) is 12.8 Å². The van der Waals surface area contributed by atoms with E-state index in [1.54, 1.807) is 0 Å². The summed E-state index contributed by atoms with van der Waals surface area (Å²) in [5.74, 6) is 0. The maximum atomic E-state index is 11.7. The van der Waals surface area contributed by atoms with Crippen molar-refractivity contribution < 1.29 is 32.8 Å². The number of quaternary nitrogens is 1. The van der Waals surface area contributed by atoms with Gasteiger partial charge in [0.15, 0.2) is 0 Å². The van der Waals surface area contributed by atoms with E-state index in [1.807, 2.05) is 21.1 Å². The van der Waals surface area contributed by atoms with Crippen LogP contribution in [0.25, 0.3) is 0 Å². The molecule has 0 aromatic rings. The van der Waals surface area contributed by atoms with E-state index in [0.29, 0.717) is 17.6 Å². The first kappa shape index (κ1) is 32.7. The van der Waals surface area contributed by atoms with Crippen LogP contribution in [0.3, 0.4) is 0 Å².